The van der Waals surface area contributed by atoms with Crippen LogP contribution in [-0.2, 0) is 26.2 Å². The molecule has 0 radical (unpaired) electrons. The number of ether oxygens (including phenoxy) is 1. The van der Waals surface area contributed by atoms with Crippen LogP contribution in [0.1, 0.15) is 31.9 Å². The Bertz CT molecular complexity index is 1410. The Morgan fingerprint density at radius 1 is 0.975 bits per heavy atom. The molecule has 3 aromatic rings. The first kappa shape index (κ1) is 31.2. The molecule has 3 rings (SSSR count). The van der Waals surface area contributed by atoms with E-state index in [0.29, 0.717) is 18.0 Å². The monoisotopic (exact) mass is 629 g/mol. The lowest BCUT2D eigenvalue weighted by atomic mass is 10.1. The second kappa shape index (κ2) is 13.8. The number of halogens is 1. The Morgan fingerprint density at radius 3 is 2.20 bits per heavy atom. The van der Waals surface area contributed by atoms with Crippen molar-refractivity contribution in [2.24, 2.45) is 5.92 Å². The summed E-state index contributed by atoms with van der Waals surface area (Å²) in [6, 6.07) is 19.5. The number of methoxy groups -OCH3 is 1. The van der Waals surface area contributed by atoms with Gasteiger partial charge in [0.2, 0.25) is 11.8 Å². The zero-order valence-electron chi connectivity index (χ0n) is 23.4. The Labute approximate surface area is 245 Å². The lowest BCUT2D eigenvalue weighted by Crippen LogP contribution is -2.51. The molecule has 0 saturated carbocycles. The molecule has 10 heteroatoms. The number of rotatable bonds is 12. The normalized spacial score (nSPS) is 12.1. The van der Waals surface area contributed by atoms with Crippen LogP contribution in [0.3, 0.4) is 0 Å². The van der Waals surface area contributed by atoms with Gasteiger partial charge in [-0.05, 0) is 73.9 Å². The van der Waals surface area contributed by atoms with Crippen molar-refractivity contribution in [3.63, 3.8) is 0 Å². The number of hydrogen-bond donors (Lipinski definition) is 1. The lowest BCUT2D eigenvalue weighted by molar-refractivity contribution is -0.139. The summed E-state index contributed by atoms with van der Waals surface area (Å²) in [6.45, 7) is 7.61. The highest BCUT2D eigenvalue weighted by molar-refractivity contribution is 9.10. The molecule has 2 amide bonds. The number of carbonyl (C=O) groups excluding carboxylic acids is 2. The predicted molar refractivity (Wildman–Crippen MR) is 161 cm³/mol. The summed E-state index contributed by atoms with van der Waals surface area (Å²) in [7, 11) is -2.65. The minimum absolute atomic E-state index is 0.0166. The fraction of sp³-hybridized carbons (Fsp3) is 0.333. The standard InChI is InChI=1S/C30H36BrN3O5S/c1-21(2)18-32-30(36)23(4)33(19-24-7-6-8-25(31)17-24)29(35)20-34(26-11-9-22(3)10-12-26)40(37,38)28-15-13-27(39-5)14-16-28/h6-17,21,23H,18-20H2,1-5H3,(H,32,36)/t23-/m1/s1. The summed E-state index contributed by atoms with van der Waals surface area (Å²) in [5.74, 6) is -0.0721. The Balaban J connectivity index is 2.01. The highest BCUT2D eigenvalue weighted by Crippen LogP contribution is 2.26. The maximum Gasteiger partial charge on any atom is 0.264 e. The van der Waals surface area contributed by atoms with Gasteiger partial charge in [0.1, 0.15) is 18.3 Å². The first-order valence-corrected chi connectivity index (χ1v) is 15.2. The van der Waals surface area contributed by atoms with Crippen molar-refractivity contribution in [3.8, 4) is 5.75 Å². The maximum atomic E-state index is 14.0. The summed E-state index contributed by atoms with van der Waals surface area (Å²) in [5, 5.41) is 2.89. The van der Waals surface area contributed by atoms with Gasteiger partial charge in [-0.15, -0.1) is 0 Å². The Kier molecular flexibility index (Phi) is 10.8. The van der Waals surface area contributed by atoms with Gasteiger partial charge in [0.15, 0.2) is 0 Å². The SMILES string of the molecule is COc1ccc(S(=O)(=O)N(CC(=O)N(Cc2cccc(Br)c2)[C@H](C)C(=O)NCC(C)C)c2ccc(C)cc2)cc1. The molecule has 0 spiro atoms. The first-order chi connectivity index (χ1) is 18.9. The van der Waals surface area contributed by atoms with Gasteiger partial charge >= 0.3 is 0 Å². The molecule has 1 N–H and O–H groups in total. The fourth-order valence-electron chi connectivity index (χ4n) is 3.98. The molecule has 40 heavy (non-hydrogen) atoms. The summed E-state index contributed by atoms with van der Waals surface area (Å²) >= 11 is 3.46. The van der Waals surface area contributed by atoms with Crippen molar-refractivity contribution in [2.75, 3.05) is 24.5 Å². The second-order valence-electron chi connectivity index (χ2n) is 9.99. The molecule has 214 valence electrons. The van der Waals surface area contributed by atoms with Crippen molar-refractivity contribution in [3.05, 3.63) is 88.4 Å². The van der Waals surface area contributed by atoms with Crippen LogP contribution in [-0.4, -0.2) is 51.4 Å². The Hall–Kier alpha value is -3.37. The molecule has 0 saturated heterocycles. The number of aryl methyl sites for hydroxylation is 1. The van der Waals surface area contributed by atoms with E-state index < -0.39 is 28.5 Å². The van der Waals surface area contributed by atoms with Crippen molar-refractivity contribution in [2.45, 2.75) is 45.2 Å². The molecule has 0 aromatic heterocycles. The van der Waals surface area contributed by atoms with Gasteiger partial charge < -0.3 is 15.0 Å². The third kappa shape index (κ3) is 8.08. The smallest absolute Gasteiger partial charge is 0.264 e. The third-order valence-corrected chi connectivity index (χ3v) is 8.62. The van der Waals surface area contributed by atoms with Crippen molar-refractivity contribution in [1.29, 1.82) is 0 Å². The zero-order valence-corrected chi connectivity index (χ0v) is 25.8. The maximum absolute atomic E-state index is 14.0. The highest BCUT2D eigenvalue weighted by atomic mass is 79.9. The van der Waals surface area contributed by atoms with Crippen LogP contribution in [0.25, 0.3) is 0 Å². The van der Waals surface area contributed by atoms with Crippen LogP contribution in [0.2, 0.25) is 0 Å². The molecule has 0 heterocycles. The summed E-state index contributed by atoms with van der Waals surface area (Å²) in [5.41, 5.74) is 2.09. The van der Waals surface area contributed by atoms with E-state index in [1.807, 2.05) is 45.0 Å². The van der Waals surface area contributed by atoms with Crippen LogP contribution in [0, 0.1) is 12.8 Å². The molecular weight excluding hydrogens is 594 g/mol. The van der Waals surface area contributed by atoms with Crippen molar-refractivity contribution in [1.82, 2.24) is 10.2 Å². The number of nitrogens with one attached hydrogen (secondary N) is 1. The van der Waals surface area contributed by atoms with Crippen LogP contribution in [0.15, 0.2) is 82.2 Å². The number of nitrogens with zero attached hydrogens (tertiary/aromatic N) is 2. The number of anilines is 1. The molecular formula is C30H36BrN3O5S. The van der Waals surface area contributed by atoms with Crippen LogP contribution >= 0.6 is 15.9 Å². The number of benzene rings is 3. The van der Waals surface area contributed by atoms with Crippen LogP contribution in [0.5, 0.6) is 5.75 Å². The fourth-order valence-corrected chi connectivity index (χ4v) is 5.84. The van der Waals surface area contributed by atoms with E-state index in [-0.39, 0.29) is 23.3 Å². The lowest BCUT2D eigenvalue weighted by Gasteiger charge is -2.32. The molecule has 0 fully saturated rings. The zero-order chi connectivity index (χ0) is 29.4. The number of sulfonamides is 1. The molecule has 0 aliphatic rings. The Morgan fingerprint density at radius 2 is 1.62 bits per heavy atom. The van der Waals surface area contributed by atoms with Gasteiger partial charge in [0, 0.05) is 17.6 Å². The predicted octanol–water partition coefficient (Wildman–Crippen LogP) is 5.15. The minimum Gasteiger partial charge on any atom is -0.497 e. The molecule has 0 bridgehead atoms. The van der Waals surface area contributed by atoms with Crippen molar-refractivity contribution < 1.29 is 22.7 Å². The molecule has 3 aromatic carbocycles. The van der Waals surface area contributed by atoms with Gasteiger partial charge in [-0.2, -0.15) is 0 Å². The molecule has 8 nitrogen and oxygen atoms in total. The van der Waals surface area contributed by atoms with E-state index >= 15 is 0 Å². The van der Waals surface area contributed by atoms with Crippen molar-refractivity contribution >= 4 is 43.5 Å². The molecule has 0 aliphatic carbocycles. The summed E-state index contributed by atoms with van der Waals surface area (Å²) in [4.78, 5) is 28.5. The second-order valence-corrected chi connectivity index (χ2v) is 12.8. The van der Waals surface area contributed by atoms with E-state index in [0.717, 1.165) is 19.9 Å². The number of hydrogen-bond acceptors (Lipinski definition) is 5. The largest absolute Gasteiger partial charge is 0.497 e. The summed E-state index contributed by atoms with van der Waals surface area (Å²) < 4.78 is 34.9. The molecule has 1 atom stereocenters. The first-order valence-electron chi connectivity index (χ1n) is 13.0. The highest BCUT2D eigenvalue weighted by Gasteiger charge is 2.32. The van der Waals surface area contributed by atoms with Gasteiger partial charge in [-0.25, -0.2) is 8.42 Å². The number of carbonyl (C=O) groups is 2. The molecule has 0 unspecified atom stereocenters. The van der Waals surface area contributed by atoms with E-state index in [9.17, 15) is 18.0 Å². The van der Waals surface area contributed by atoms with E-state index in [4.69, 9.17) is 4.74 Å². The quantitative estimate of drug-likeness (QED) is 0.299. The van der Waals surface area contributed by atoms with Gasteiger partial charge in [-0.3, -0.25) is 13.9 Å². The van der Waals surface area contributed by atoms with E-state index in [1.165, 1.54) is 24.1 Å². The van der Waals surface area contributed by atoms with Gasteiger partial charge in [-0.1, -0.05) is 59.6 Å². The van der Waals surface area contributed by atoms with Gasteiger partial charge in [0.25, 0.3) is 10.0 Å². The minimum atomic E-state index is -4.15. The molecule has 0 aliphatic heterocycles. The topological polar surface area (TPSA) is 96.0 Å². The van der Waals surface area contributed by atoms with E-state index in [1.54, 1.807) is 43.3 Å². The van der Waals surface area contributed by atoms with Gasteiger partial charge in [0.05, 0.1) is 17.7 Å². The average Bonchev–Trinajstić information content (AvgIpc) is 2.93. The summed E-state index contributed by atoms with van der Waals surface area (Å²) in [6.07, 6.45) is 0. The van der Waals surface area contributed by atoms with Crippen LogP contribution in [0.4, 0.5) is 5.69 Å². The third-order valence-electron chi connectivity index (χ3n) is 6.34. The van der Waals surface area contributed by atoms with Crippen LogP contribution < -0.4 is 14.4 Å². The van der Waals surface area contributed by atoms with E-state index in [2.05, 4.69) is 21.2 Å². The number of amides is 2. The average molecular weight is 631 g/mol.